The Kier molecular flexibility index (Phi) is 3.43. The van der Waals surface area contributed by atoms with E-state index in [0.29, 0.717) is 5.56 Å². The molecule has 2 aromatic rings. The molecule has 1 aliphatic carbocycles. The molecule has 0 radical (unpaired) electrons. The van der Waals surface area contributed by atoms with E-state index in [-0.39, 0.29) is 27.9 Å². The first-order valence-corrected chi connectivity index (χ1v) is 7.84. The monoisotopic (exact) mass is 324 g/mol. The van der Waals surface area contributed by atoms with Crippen LogP contribution in [-0.4, -0.2) is 21.8 Å². The highest BCUT2D eigenvalue weighted by Crippen LogP contribution is 2.43. The van der Waals surface area contributed by atoms with Crippen LogP contribution in [0.25, 0.3) is 0 Å². The second-order valence-corrected chi connectivity index (χ2v) is 7.35. The van der Waals surface area contributed by atoms with Crippen molar-refractivity contribution in [3.63, 3.8) is 0 Å². The molecular formula is C20H20O4. The number of fused-ring (bicyclic) bond motifs is 1. The van der Waals surface area contributed by atoms with Crippen molar-refractivity contribution in [1.29, 1.82) is 0 Å². The van der Waals surface area contributed by atoms with Gasteiger partial charge in [-0.1, -0.05) is 51.1 Å². The lowest BCUT2D eigenvalue weighted by molar-refractivity contribution is 0.0312. The molecule has 0 heterocycles. The Hall–Kier alpha value is -2.46. The lowest BCUT2D eigenvalue weighted by atomic mass is 9.80. The maximum Gasteiger partial charge on any atom is 0.220 e. The number of phenolic OH excluding ortho intramolecular Hbond substituents is 1. The molecule has 0 aromatic heterocycles. The van der Waals surface area contributed by atoms with Crippen LogP contribution in [-0.2, 0) is 11.0 Å². The summed E-state index contributed by atoms with van der Waals surface area (Å²) in [5, 5.41) is 21.5. The summed E-state index contributed by atoms with van der Waals surface area (Å²) in [5.41, 5.74) is -0.966. The van der Waals surface area contributed by atoms with E-state index >= 15 is 0 Å². The minimum atomic E-state index is -2.38. The molecule has 24 heavy (non-hydrogen) atoms. The number of ketones is 2. The SMILES string of the molecule is Cc1cc(C(C)(C)C)cc(C2(O)C(=O)c3ccccc3C2=O)c1O. The van der Waals surface area contributed by atoms with E-state index in [1.807, 2.05) is 20.8 Å². The summed E-state index contributed by atoms with van der Waals surface area (Å²) in [4.78, 5) is 25.5. The van der Waals surface area contributed by atoms with Crippen molar-refractivity contribution in [2.24, 2.45) is 0 Å². The van der Waals surface area contributed by atoms with E-state index in [4.69, 9.17) is 0 Å². The van der Waals surface area contributed by atoms with Gasteiger partial charge in [-0.05, 0) is 29.5 Å². The highest BCUT2D eigenvalue weighted by Gasteiger charge is 2.54. The van der Waals surface area contributed by atoms with Crippen molar-refractivity contribution < 1.29 is 19.8 Å². The summed E-state index contributed by atoms with van der Waals surface area (Å²) in [7, 11) is 0. The van der Waals surface area contributed by atoms with Gasteiger partial charge in [0, 0.05) is 16.7 Å². The number of hydrogen-bond acceptors (Lipinski definition) is 4. The van der Waals surface area contributed by atoms with Gasteiger partial charge in [-0.15, -0.1) is 0 Å². The number of aromatic hydroxyl groups is 1. The number of Topliss-reactive ketones (excluding diaryl/α,β-unsaturated/α-hetero) is 2. The largest absolute Gasteiger partial charge is 0.507 e. The zero-order valence-electron chi connectivity index (χ0n) is 14.2. The van der Waals surface area contributed by atoms with Crippen LogP contribution in [0.4, 0.5) is 0 Å². The van der Waals surface area contributed by atoms with Gasteiger partial charge in [-0.2, -0.15) is 0 Å². The van der Waals surface area contributed by atoms with Crippen molar-refractivity contribution >= 4 is 11.6 Å². The van der Waals surface area contributed by atoms with Crippen molar-refractivity contribution in [3.05, 3.63) is 64.2 Å². The number of aryl methyl sites for hydroxylation is 1. The number of carbonyl (C=O) groups excluding carboxylic acids is 2. The molecule has 0 aliphatic heterocycles. The highest BCUT2D eigenvalue weighted by atomic mass is 16.3. The maximum absolute atomic E-state index is 12.8. The number of hydrogen-bond donors (Lipinski definition) is 2. The quantitative estimate of drug-likeness (QED) is 0.790. The van der Waals surface area contributed by atoms with Crippen molar-refractivity contribution in [1.82, 2.24) is 0 Å². The summed E-state index contributed by atoms with van der Waals surface area (Å²) in [6.45, 7) is 7.65. The molecule has 2 N–H and O–H groups in total. The second-order valence-electron chi connectivity index (χ2n) is 7.35. The molecule has 4 nitrogen and oxygen atoms in total. The number of benzene rings is 2. The molecule has 0 saturated carbocycles. The number of aliphatic hydroxyl groups is 1. The van der Waals surface area contributed by atoms with Crippen molar-refractivity contribution in [2.75, 3.05) is 0 Å². The molecule has 2 aromatic carbocycles. The Bertz CT molecular complexity index is 837. The van der Waals surface area contributed by atoms with E-state index < -0.39 is 17.2 Å². The molecule has 0 unspecified atom stereocenters. The normalized spacial score (nSPS) is 16.4. The Morgan fingerprint density at radius 2 is 1.46 bits per heavy atom. The van der Waals surface area contributed by atoms with Crippen LogP contribution in [0.15, 0.2) is 36.4 Å². The maximum atomic E-state index is 12.8. The predicted octanol–water partition coefficient (Wildman–Crippen LogP) is 3.26. The fourth-order valence-corrected chi connectivity index (χ4v) is 3.11. The molecule has 0 spiro atoms. The number of rotatable bonds is 1. The Labute approximate surface area is 140 Å². The predicted molar refractivity (Wildman–Crippen MR) is 90.5 cm³/mol. The van der Waals surface area contributed by atoms with Gasteiger partial charge in [-0.25, -0.2) is 0 Å². The minimum Gasteiger partial charge on any atom is -0.507 e. The van der Waals surface area contributed by atoms with Gasteiger partial charge in [-0.3, -0.25) is 9.59 Å². The Morgan fingerprint density at radius 3 is 1.92 bits per heavy atom. The third kappa shape index (κ3) is 2.10. The van der Waals surface area contributed by atoms with Crippen LogP contribution < -0.4 is 0 Å². The van der Waals surface area contributed by atoms with Gasteiger partial charge >= 0.3 is 0 Å². The van der Waals surface area contributed by atoms with E-state index in [1.54, 1.807) is 31.2 Å². The molecule has 1 aliphatic rings. The smallest absolute Gasteiger partial charge is 0.220 e. The molecule has 0 fully saturated rings. The summed E-state index contributed by atoms with van der Waals surface area (Å²) in [5.74, 6) is -1.60. The van der Waals surface area contributed by atoms with Gasteiger partial charge in [0.15, 0.2) is 0 Å². The van der Waals surface area contributed by atoms with Crippen molar-refractivity contribution in [2.45, 2.75) is 38.7 Å². The lowest BCUT2D eigenvalue weighted by Crippen LogP contribution is -2.38. The average molecular weight is 324 g/mol. The van der Waals surface area contributed by atoms with Gasteiger partial charge in [0.25, 0.3) is 0 Å². The fourth-order valence-electron chi connectivity index (χ4n) is 3.11. The highest BCUT2D eigenvalue weighted by molar-refractivity contribution is 6.32. The third-order valence-electron chi connectivity index (χ3n) is 4.63. The standard InChI is InChI=1S/C20H20O4/c1-11-9-12(19(2,3)4)10-15(16(11)21)20(24)17(22)13-7-5-6-8-14(13)18(20)23/h5-10,21,24H,1-4H3. The molecule has 0 atom stereocenters. The molecule has 0 saturated heterocycles. The topological polar surface area (TPSA) is 74.6 Å². The lowest BCUT2D eigenvalue weighted by Gasteiger charge is -2.26. The van der Waals surface area contributed by atoms with E-state index in [1.165, 1.54) is 12.1 Å². The molecule has 0 bridgehead atoms. The van der Waals surface area contributed by atoms with E-state index in [2.05, 4.69) is 0 Å². The first-order chi connectivity index (χ1) is 11.1. The fraction of sp³-hybridized carbons (Fsp3) is 0.300. The van der Waals surface area contributed by atoms with E-state index in [0.717, 1.165) is 5.56 Å². The van der Waals surface area contributed by atoms with Gasteiger partial charge in [0.2, 0.25) is 17.2 Å². The van der Waals surface area contributed by atoms with Crippen LogP contribution in [0.2, 0.25) is 0 Å². The van der Waals surface area contributed by atoms with Crippen LogP contribution in [0.5, 0.6) is 5.75 Å². The number of carbonyl (C=O) groups is 2. The summed E-state index contributed by atoms with van der Waals surface area (Å²) in [6.07, 6.45) is 0. The van der Waals surface area contributed by atoms with Gasteiger partial charge in [0.05, 0.1) is 0 Å². The van der Waals surface area contributed by atoms with Crippen LogP contribution in [0.1, 0.15) is 58.2 Å². The first kappa shape index (κ1) is 16.4. The van der Waals surface area contributed by atoms with E-state index in [9.17, 15) is 19.8 Å². The molecule has 124 valence electrons. The van der Waals surface area contributed by atoms with Crippen LogP contribution in [0.3, 0.4) is 0 Å². The Morgan fingerprint density at radius 1 is 0.958 bits per heavy atom. The zero-order chi connectivity index (χ0) is 17.9. The van der Waals surface area contributed by atoms with Gasteiger partial charge in [0.1, 0.15) is 5.75 Å². The third-order valence-corrected chi connectivity index (χ3v) is 4.63. The van der Waals surface area contributed by atoms with Crippen LogP contribution in [0, 0.1) is 6.92 Å². The van der Waals surface area contributed by atoms with Crippen LogP contribution >= 0.6 is 0 Å². The van der Waals surface area contributed by atoms with Gasteiger partial charge < -0.3 is 10.2 Å². The summed E-state index contributed by atoms with van der Waals surface area (Å²) < 4.78 is 0. The molecule has 3 rings (SSSR count). The summed E-state index contributed by atoms with van der Waals surface area (Å²) >= 11 is 0. The Balaban J connectivity index is 2.28. The second kappa shape index (κ2) is 5.02. The number of phenols is 1. The minimum absolute atomic E-state index is 0.0429. The molecule has 4 heteroatoms. The average Bonchev–Trinajstić information content (AvgIpc) is 2.72. The summed E-state index contributed by atoms with van der Waals surface area (Å²) in [6, 6.07) is 9.69. The first-order valence-electron chi connectivity index (χ1n) is 7.84. The molecular weight excluding hydrogens is 304 g/mol. The zero-order valence-corrected chi connectivity index (χ0v) is 14.2. The molecule has 0 amide bonds. The van der Waals surface area contributed by atoms with Crippen molar-refractivity contribution in [3.8, 4) is 5.75 Å².